The van der Waals surface area contributed by atoms with Gasteiger partial charge in [0.2, 0.25) is 0 Å². The predicted molar refractivity (Wildman–Crippen MR) is 85.3 cm³/mol. The van der Waals surface area contributed by atoms with E-state index in [4.69, 9.17) is 11.6 Å². The maximum Gasteiger partial charge on any atom is 0.174 e. The van der Waals surface area contributed by atoms with Gasteiger partial charge in [0, 0.05) is 6.42 Å². The van der Waals surface area contributed by atoms with Crippen LogP contribution in [0.15, 0.2) is 10.6 Å². The van der Waals surface area contributed by atoms with Crippen LogP contribution in [0.1, 0.15) is 58.3 Å². The normalized spacial score (nSPS) is 56.1. The fourth-order valence-corrected chi connectivity index (χ4v) is 7.78. The Bertz CT molecular complexity index is 596. The van der Waals surface area contributed by atoms with Crippen LogP contribution in [-0.4, -0.2) is 17.0 Å². The average Bonchev–Trinajstić information content (AvgIpc) is 3.16. The number of Topliss-reactive ketones (excluding diaryl/α,β-unsaturated/α-hetero) is 1. The maximum atomic E-state index is 11.9. The topological polar surface area (TPSA) is 37.3 Å². The van der Waals surface area contributed by atoms with Crippen LogP contribution in [0.2, 0.25) is 0 Å². The van der Waals surface area contributed by atoms with Gasteiger partial charge in [-0.15, -0.1) is 0 Å². The third kappa shape index (κ3) is 1.41. The second kappa shape index (κ2) is 4.19. The Kier molecular flexibility index (Phi) is 2.67. The summed E-state index contributed by atoms with van der Waals surface area (Å²) in [4.78, 5) is 11.9. The average molecular weight is 321 g/mol. The largest absolute Gasteiger partial charge is 0.393 e. The summed E-state index contributed by atoms with van der Waals surface area (Å²) in [6.07, 6.45) is 8.57. The van der Waals surface area contributed by atoms with Crippen LogP contribution in [0.3, 0.4) is 0 Å². The number of aliphatic hydroxyl groups is 1. The third-order valence-electron chi connectivity index (χ3n) is 8.53. The van der Waals surface area contributed by atoms with E-state index in [1.54, 1.807) is 0 Å². The first-order chi connectivity index (χ1) is 10.5. The molecule has 1 N–H and O–H groups in total. The van der Waals surface area contributed by atoms with Crippen LogP contribution in [0, 0.1) is 34.5 Å². The molecule has 5 rings (SSSR count). The second-order valence-electron chi connectivity index (χ2n) is 8.87. The first-order valence-corrected chi connectivity index (χ1v) is 9.46. The van der Waals surface area contributed by atoms with Gasteiger partial charge >= 0.3 is 0 Å². The summed E-state index contributed by atoms with van der Waals surface area (Å²) in [6, 6.07) is 0. The molecule has 3 heteroatoms. The van der Waals surface area contributed by atoms with Gasteiger partial charge in [0.1, 0.15) is 0 Å². The fourth-order valence-electron chi connectivity index (χ4n) is 7.45. The van der Waals surface area contributed by atoms with Crippen LogP contribution in [0.25, 0.3) is 0 Å². The van der Waals surface area contributed by atoms with E-state index in [2.05, 4.69) is 6.92 Å². The molecule has 0 amide bonds. The Morgan fingerprint density at radius 1 is 1.23 bits per heavy atom. The van der Waals surface area contributed by atoms with Crippen molar-refractivity contribution < 1.29 is 9.90 Å². The number of hydrogen-bond donors (Lipinski definition) is 1. The maximum absolute atomic E-state index is 11.9. The minimum absolute atomic E-state index is 0.0827. The molecular weight excluding hydrogens is 296 g/mol. The molecule has 0 aromatic carbocycles. The van der Waals surface area contributed by atoms with Crippen molar-refractivity contribution >= 4 is 17.4 Å². The summed E-state index contributed by atoms with van der Waals surface area (Å²) in [5, 5.41) is 11.2. The van der Waals surface area contributed by atoms with Crippen molar-refractivity contribution in [2.24, 2.45) is 34.5 Å². The van der Waals surface area contributed by atoms with Gasteiger partial charge in [-0.25, -0.2) is 0 Å². The van der Waals surface area contributed by atoms with Gasteiger partial charge in [0.15, 0.2) is 5.78 Å². The van der Waals surface area contributed by atoms with Crippen LogP contribution in [0.4, 0.5) is 0 Å². The van der Waals surface area contributed by atoms with Crippen molar-refractivity contribution in [1.29, 1.82) is 0 Å². The Hall–Kier alpha value is -0.340. The van der Waals surface area contributed by atoms with Gasteiger partial charge in [-0.05, 0) is 85.0 Å². The molecule has 5 aliphatic rings. The molecule has 3 unspecified atom stereocenters. The molecule has 0 heterocycles. The van der Waals surface area contributed by atoms with E-state index in [-0.39, 0.29) is 17.3 Å². The zero-order chi connectivity index (χ0) is 15.3. The minimum Gasteiger partial charge on any atom is -0.393 e. The van der Waals surface area contributed by atoms with E-state index in [0.717, 1.165) is 31.1 Å². The number of carbonyl (C=O) groups is 1. The van der Waals surface area contributed by atoms with Gasteiger partial charge < -0.3 is 5.11 Å². The summed E-state index contributed by atoms with van der Waals surface area (Å²) in [5.74, 6) is 2.98. The van der Waals surface area contributed by atoms with Crippen molar-refractivity contribution in [2.75, 3.05) is 0 Å². The molecule has 0 saturated heterocycles. The summed E-state index contributed by atoms with van der Waals surface area (Å²) in [6.45, 7) is 2.36. The van der Waals surface area contributed by atoms with E-state index in [1.165, 1.54) is 31.3 Å². The lowest BCUT2D eigenvalue weighted by molar-refractivity contribution is -0.117. The van der Waals surface area contributed by atoms with Crippen molar-refractivity contribution in [2.45, 2.75) is 64.4 Å². The van der Waals surface area contributed by atoms with Crippen molar-refractivity contribution in [3.63, 3.8) is 0 Å². The quantitative estimate of drug-likeness (QED) is 0.731. The number of carbonyl (C=O) groups excluding carboxylic acids is 1. The van der Waals surface area contributed by atoms with E-state index >= 15 is 0 Å². The lowest BCUT2D eigenvalue weighted by atomic mass is 9.49. The smallest absolute Gasteiger partial charge is 0.174 e. The number of aliphatic hydroxyl groups excluding tert-OH is 1. The lowest BCUT2D eigenvalue weighted by Gasteiger charge is -2.55. The SMILES string of the molecule is C[C@]12CCC3C4CCC(=O)C(Cl)=C4CCC3[C@@]13C[C@H]3C[C@@H]2O. The van der Waals surface area contributed by atoms with E-state index in [9.17, 15) is 9.90 Å². The van der Waals surface area contributed by atoms with Gasteiger partial charge in [-0.3, -0.25) is 4.79 Å². The molecule has 0 aromatic rings. The number of rotatable bonds is 0. The molecule has 7 atom stereocenters. The van der Waals surface area contributed by atoms with Crippen molar-refractivity contribution in [3.8, 4) is 0 Å². The zero-order valence-electron chi connectivity index (χ0n) is 13.3. The summed E-state index contributed by atoms with van der Waals surface area (Å²) >= 11 is 6.37. The monoisotopic (exact) mass is 320 g/mol. The highest BCUT2D eigenvalue weighted by atomic mass is 35.5. The Labute approximate surface area is 137 Å². The molecule has 4 saturated carbocycles. The first-order valence-electron chi connectivity index (χ1n) is 9.09. The summed E-state index contributed by atoms with van der Waals surface area (Å²) in [7, 11) is 0. The van der Waals surface area contributed by atoms with E-state index in [0.29, 0.717) is 28.7 Å². The number of halogens is 1. The third-order valence-corrected chi connectivity index (χ3v) is 8.99. The number of allylic oxidation sites excluding steroid dienone is 1. The first kappa shape index (κ1) is 14.0. The number of ketones is 1. The molecule has 22 heavy (non-hydrogen) atoms. The Morgan fingerprint density at radius 2 is 2.05 bits per heavy atom. The Balaban J connectivity index is 1.54. The predicted octanol–water partition coefficient (Wildman–Crippen LogP) is 4.06. The van der Waals surface area contributed by atoms with Gasteiger partial charge in [0.05, 0.1) is 11.1 Å². The number of hydrogen-bond acceptors (Lipinski definition) is 2. The van der Waals surface area contributed by atoms with E-state index < -0.39 is 0 Å². The highest BCUT2D eigenvalue weighted by molar-refractivity contribution is 6.43. The molecule has 4 fully saturated rings. The highest BCUT2D eigenvalue weighted by Gasteiger charge is 2.76. The van der Waals surface area contributed by atoms with Crippen LogP contribution >= 0.6 is 11.6 Å². The van der Waals surface area contributed by atoms with Crippen LogP contribution in [-0.2, 0) is 4.79 Å². The van der Waals surface area contributed by atoms with Gasteiger partial charge in [-0.1, -0.05) is 18.5 Å². The second-order valence-corrected chi connectivity index (χ2v) is 9.24. The molecule has 1 spiro atoms. The number of fused-ring (bicyclic) bond motifs is 3. The van der Waals surface area contributed by atoms with Crippen LogP contribution < -0.4 is 0 Å². The van der Waals surface area contributed by atoms with Crippen LogP contribution in [0.5, 0.6) is 0 Å². The van der Waals surface area contributed by atoms with Crippen molar-refractivity contribution in [3.05, 3.63) is 10.6 Å². The molecule has 5 aliphatic carbocycles. The molecule has 0 bridgehead atoms. The summed E-state index contributed by atoms with van der Waals surface area (Å²) in [5.41, 5.74) is 1.87. The van der Waals surface area contributed by atoms with Gasteiger partial charge in [0.25, 0.3) is 0 Å². The van der Waals surface area contributed by atoms with Crippen molar-refractivity contribution in [1.82, 2.24) is 0 Å². The molecule has 0 radical (unpaired) electrons. The molecule has 120 valence electrons. The highest BCUT2D eigenvalue weighted by Crippen LogP contribution is 2.81. The van der Waals surface area contributed by atoms with E-state index in [1.807, 2.05) is 0 Å². The molecule has 0 aliphatic heterocycles. The molecule has 2 nitrogen and oxygen atoms in total. The molecule has 0 aromatic heterocycles. The Morgan fingerprint density at radius 3 is 2.86 bits per heavy atom. The summed E-state index contributed by atoms with van der Waals surface area (Å²) < 4.78 is 0. The minimum atomic E-state index is -0.0827. The van der Waals surface area contributed by atoms with Gasteiger partial charge in [-0.2, -0.15) is 0 Å². The lowest BCUT2D eigenvalue weighted by Crippen LogP contribution is -2.50. The molecular formula is C19H25ClO2. The standard InChI is InChI=1S/C19H25ClO2/c1-18-7-6-12-11-3-5-15(21)17(20)13(11)2-4-14(12)19(18)9-10(19)8-16(18)22/h10-12,14,16,22H,2-9H2,1H3/t10-,11?,12?,14?,16+,18-,19+/m1/s1. The zero-order valence-corrected chi connectivity index (χ0v) is 14.0. The fraction of sp³-hybridized carbons (Fsp3) is 0.842.